The summed E-state index contributed by atoms with van der Waals surface area (Å²) in [6.45, 7) is 8.05. The van der Waals surface area contributed by atoms with E-state index in [0.717, 1.165) is 61.3 Å². The van der Waals surface area contributed by atoms with Gasteiger partial charge >= 0.3 is 0 Å². The summed E-state index contributed by atoms with van der Waals surface area (Å²) < 4.78 is 22.3. The number of rotatable bonds is 7. The molecule has 11 heteroatoms. The van der Waals surface area contributed by atoms with Gasteiger partial charge in [0.05, 0.1) is 20.8 Å². The minimum absolute atomic E-state index is 0.0150. The lowest BCUT2D eigenvalue weighted by atomic mass is 10.1. The second-order valence-electron chi connectivity index (χ2n) is 11.3. The molecule has 1 aliphatic heterocycles. The van der Waals surface area contributed by atoms with Crippen LogP contribution in [0.3, 0.4) is 0 Å². The van der Waals surface area contributed by atoms with E-state index in [1.54, 1.807) is 38.1 Å². The lowest BCUT2D eigenvalue weighted by molar-refractivity contribution is -0.135. The summed E-state index contributed by atoms with van der Waals surface area (Å²) in [5, 5.41) is 5.79. The average Bonchev–Trinajstić information content (AvgIpc) is 3.04. The molecular formula is C34H50N4O7. The molecule has 1 heterocycles. The first kappa shape index (κ1) is 35.6. The van der Waals surface area contributed by atoms with Gasteiger partial charge in [0.2, 0.25) is 11.8 Å². The largest absolute Gasteiger partial charge is 0.496 e. The highest BCUT2D eigenvalue weighted by atomic mass is 16.5. The van der Waals surface area contributed by atoms with Crippen LogP contribution in [0.25, 0.3) is 0 Å². The minimum atomic E-state index is -0.687. The molecule has 2 aromatic rings. The van der Waals surface area contributed by atoms with Gasteiger partial charge in [0.15, 0.2) is 18.1 Å². The second-order valence-corrected chi connectivity index (χ2v) is 11.3. The number of nitrogens with zero attached hydrogens (tertiary/aromatic N) is 2. The predicted octanol–water partition coefficient (Wildman–Crippen LogP) is 3.32. The molecule has 1 aliphatic rings. The van der Waals surface area contributed by atoms with Gasteiger partial charge in [-0.05, 0) is 81.5 Å². The maximum absolute atomic E-state index is 13.0. The summed E-state index contributed by atoms with van der Waals surface area (Å²) in [7, 11) is 4.95. The minimum Gasteiger partial charge on any atom is -0.496 e. The molecule has 2 aromatic carbocycles. The van der Waals surface area contributed by atoms with Gasteiger partial charge in [0.1, 0.15) is 11.8 Å². The van der Waals surface area contributed by atoms with Gasteiger partial charge in [-0.15, -0.1) is 0 Å². The lowest BCUT2D eigenvalue weighted by Crippen LogP contribution is -2.47. The Bertz CT molecular complexity index is 1260. The van der Waals surface area contributed by atoms with Gasteiger partial charge in [0, 0.05) is 51.8 Å². The molecule has 0 radical (unpaired) electrons. The van der Waals surface area contributed by atoms with Gasteiger partial charge in [0.25, 0.3) is 5.91 Å². The Labute approximate surface area is 267 Å². The number of fused-ring (bicyclic) bond motifs is 2. The van der Waals surface area contributed by atoms with Crippen molar-refractivity contribution in [1.82, 2.24) is 20.4 Å². The fourth-order valence-electron chi connectivity index (χ4n) is 5.26. The predicted molar refractivity (Wildman–Crippen MR) is 173 cm³/mol. The number of amides is 3. The van der Waals surface area contributed by atoms with Crippen LogP contribution in [0.15, 0.2) is 36.4 Å². The normalized spacial score (nSPS) is 18.6. The molecule has 0 saturated heterocycles. The third-order valence-corrected chi connectivity index (χ3v) is 7.76. The maximum Gasteiger partial charge on any atom is 0.258 e. The van der Waals surface area contributed by atoms with Crippen LogP contribution in [-0.4, -0.2) is 94.2 Å². The molecule has 0 saturated carbocycles. The topological polar surface area (TPSA) is 119 Å². The number of methoxy groups -OCH3 is 2. The van der Waals surface area contributed by atoms with Crippen molar-refractivity contribution >= 4 is 17.7 Å². The van der Waals surface area contributed by atoms with Gasteiger partial charge in [-0.3, -0.25) is 19.3 Å². The summed E-state index contributed by atoms with van der Waals surface area (Å²) in [4.78, 5) is 42.3. The van der Waals surface area contributed by atoms with E-state index in [1.807, 2.05) is 19.1 Å². The molecule has 1 atom stereocenters. The quantitative estimate of drug-likeness (QED) is 0.481. The molecule has 2 bridgehead atoms. The maximum atomic E-state index is 13.0. The fourth-order valence-corrected chi connectivity index (χ4v) is 5.26. The number of ether oxygens (including phenoxy) is 4. The van der Waals surface area contributed by atoms with E-state index in [0.29, 0.717) is 50.6 Å². The molecule has 0 unspecified atom stereocenters. The van der Waals surface area contributed by atoms with E-state index in [9.17, 15) is 14.4 Å². The zero-order valence-electron chi connectivity index (χ0n) is 27.5. The van der Waals surface area contributed by atoms with E-state index in [2.05, 4.69) is 27.7 Å². The molecule has 0 fully saturated rings. The Morgan fingerprint density at radius 3 is 2.40 bits per heavy atom. The van der Waals surface area contributed by atoms with Crippen molar-refractivity contribution in [2.75, 3.05) is 60.7 Å². The Hall–Kier alpha value is -3.83. The molecular weight excluding hydrogens is 576 g/mol. The summed E-state index contributed by atoms with van der Waals surface area (Å²) >= 11 is 0. The number of hydrogen-bond acceptors (Lipinski definition) is 8. The number of benzene rings is 2. The van der Waals surface area contributed by atoms with Crippen molar-refractivity contribution < 1.29 is 33.3 Å². The van der Waals surface area contributed by atoms with E-state index >= 15 is 0 Å². The molecule has 0 aromatic heterocycles. The van der Waals surface area contributed by atoms with Gasteiger partial charge < -0.3 is 34.5 Å². The summed E-state index contributed by atoms with van der Waals surface area (Å²) in [5.41, 5.74) is 3.07. The Morgan fingerprint density at radius 1 is 0.911 bits per heavy atom. The van der Waals surface area contributed by atoms with Crippen LogP contribution in [0, 0.1) is 0 Å². The Kier molecular flexibility index (Phi) is 14.9. The monoisotopic (exact) mass is 626 g/mol. The SMILES string of the molecule is CCOCc1cc(CN2CCCCN(C)C(=O)[C@H](C)NC(=O)COc3cc(ccc3OC)CCC(=O)NCCC2)ccc1OC. The molecule has 0 spiro atoms. The van der Waals surface area contributed by atoms with Crippen molar-refractivity contribution in [2.45, 2.75) is 65.1 Å². The fraction of sp³-hybridized carbons (Fsp3) is 0.559. The molecule has 3 rings (SSSR count). The summed E-state index contributed by atoms with van der Waals surface area (Å²) in [6, 6.07) is 10.9. The van der Waals surface area contributed by atoms with Crippen molar-refractivity contribution in [3.8, 4) is 17.2 Å². The van der Waals surface area contributed by atoms with Gasteiger partial charge in [-0.1, -0.05) is 12.1 Å². The molecule has 11 nitrogen and oxygen atoms in total. The molecule has 45 heavy (non-hydrogen) atoms. The second kappa shape index (κ2) is 18.9. The van der Waals surface area contributed by atoms with Crippen molar-refractivity contribution in [3.63, 3.8) is 0 Å². The first-order valence-electron chi connectivity index (χ1n) is 15.8. The highest BCUT2D eigenvalue weighted by Crippen LogP contribution is 2.28. The number of carbonyl (C=O) groups is 3. The Balaban J connectivity index is 1.71. The van der Waals surface area contributed by atoms with Crippen LogP contribution in [0.1, 0.15) is 56.2 Å². The zero-order chi connectivity index (χ0) is 32.6. The van der Waals surface area contributed by atoms with Crippen LogP contribution < -0.4 is 24.8 Å². The zero-order valence-corrected chi connectivity index (χ0v) is 27.5. The summed E-state index contributed by atoms with van der Waals surface area (Å²) in [6.07, 6.45) is 3.36. The third kappa shape index (κ3) is 11.9. The first-order chi connectivity index (χ1) is 21.7. The van der Waals surface area contributed by atoms with Crippen molar-refractivity contribution in [2.24, 2.45) is 0 Å². The molecule has 2 N–H and O–H groups in total. The summed E-state index contributed by atoms with van der Waals surface area (Å²) in [5.74, 6) is 1.13. The number of likely N-dealkylation sites (N-methyl/N-ethyl adjacent to an activating group) is 1. The lowest BCUT2D eigenvalue weighted by Gasteiger charge is -2.25. The molecule has 0 aliphatic carbocycles. The van der Waals surface area contributed by atoms with Gasteiger partial charge in [-0.2, -0.15) is 0 Å². The highest BCUT2D eigenvalue weighted by molar-refractivity contribution is 5.87. The van der Waals surface area contributed by atoms with Crippen LogP contribution in [0.5, 0.6) is 17.2 Å². The van der Waals surface area contributed by atoms with Crippen LogP contribution in [0.2, 0.25) is 0 Å². The number of nitrogens with one attached hydrogen (secondary N) is 2. The van der Waals surface area contributed by atoms with Crippen molar-refractivity contribution in [1.29, 1.82) is 0 Å². The standard InChI is InChI=1S/C34H50N4O7/c1-6-44-23-28-20-27(11-13-29(28)42-4)22-38-18-8-7-17-37(3)34(41)25(2)36-33(40)24-45-31-21-26(10-14-30(31)43-5)12-15-32(39)35-16-9-19-38/h10-11,13-14,20-21,25H,6-9,12,15-19,22-24H2,1-5H3,(H,35,39)(H,36,40)/t25-/m0/s1. The van der Waals surface area contributed by atoms with E-state index in [4.69, 9.17) is 18.9 Å². The highest BCUT2D eigenvalue weighted by Gasteiger charge is 2.20. The van der Waals surface area contributed by atoms with E-state index in [1.165, 1.54) is 7.11 Å². The van der Waals surface area contributed by atoms with Crippen LogP contribution in [0.4, 0.5) is 0 Å². The van der Waals surface area contributed by atoms with E-state index < -0.39 is 11.9 Å². The van der Waals surface area contributed by atoms with Gasteiger partial charge in [-0.25, -0.2) is 0 Å². The van der Waals surface area contributed by atoms with Crippen LogP contribution in [-0.2, 0) is 38.7 Å². The average molecular weight is 627 g/mol. The van der Waals surface area contributed by atoms with E-state index in [-0.39, 0.29) is 18.4 Å². The van der Waals surface area contributed by atoms with Crippen molar-refractivity contribution in [3.05, 3.63) is 53.1 Å². The number of hydrogen-bond donors (Lipinski definition) is 2. The smallest absolute Gasteiger partial charge is 0.258 e. The molecule has 3 amide bonds. The number of carbonyl (C=O) groups excluding carboxylic acids is 3. The first-order valence-corrected chi connectivity index (χ1v) is 15.8. The third-order valence-electron chi connectivity index (χ3n) is 7.76. The molecule has 248 valence electrons. The Morgan fingerprint density at radius 2 is 1.64 bits per heavy atom. The van der Waals surface area contributed by atoms with Crippen LogP contribution >= 0.6 is 0 Å². The number of aryl methyl sites for hydroxylation is 1.